The first-order valence-electron chi connectivity index (χ1n) is 11.4. The van der Waals surface area contributed by atoms with E-state index in [1.807, 2.05) is 0 Å². The van der Waals surface area contributed by atoms with Crippen molar-refractivity contribution in [3.05, 3.63) is 35.4 Å². The summed E-state index contributed by atoms with van der Waals surface area (Å²) in [6.45, 7) is 4.38. The molecule has 3 rings (SSSR count). The second kappa shape index (κ2) is 10.4. The molecule has 0 aliphatic heterocycles. The second-order valence-corrected chi connectivity index (χ2v) is 8.71. The van der Waals surface area contributed by atoms with Crippen LogP contribution in [0.5, 0.6) is 5.75 Å². The van der Waals surface area contributed by atoms with Crippen molar-refractivity contribution in [3.63, 3.8) is 0 Å². The molecule has 1 fully saturated rings. The van der Waals surface area contributed by atoms with E-state index >= 15 is 0 Å². The highest BCUT2D eigenvalue weighted by atomic mass is 19.2. The van der Waals surface area contributed by atoms with Crippen molar-refractivity contribution in [1.82, 2.24) is 0 Å². The molecule has 0 aromatic heterocycles. The molecule has 156 valence electrons. The molecule has 1 atom stereocenters. The third kappa shape index (κ3) is 5.15. The summed E-state index contributed by atoms with van der Waals surface area (Å²) in [5.74, 6) is 0.872. The highest BCUT2D eigenvalue weighted by Gasteiger charge is 2.29. The van der Waals surface area contributed by atoms with Crippen LogP contribution in [-0.4, -0.2) is 6.61 Å². The van der Waals surface area contributed by atoms with Crippen LogP contribution in [0.4, 0.5) is 8.78 Å². The number of ether oxygens (including phenoxy) is 1. The van der Waals surface area contributed by atoms with Gasteiger partial charge in [-0.2, -0.15) is 4.39 Å². The van der Waals surface area contributed by atoms with Gasteiger partial charge in [0.05, 0.1) is 6.61 Å². The van der Waals surface area contributed by atoms with Gasteiger partial charge in [-0.25, -0.2) is 4.39 Å². The van der Waals surface area contributed by atoms with E-state index in [2.05, 4.69) is 13.0 Å². The van der Waals surface area contributed by atoms with Crippen molar-refractivity contribution in [3.8, 4) is 5.75 Å². The molecule has 0 saturated heterocycles. The molecule has 2 aliphatic carbocycles. The van der Waals surface area contributed by atoms with Crippen molar-refractivity contribution >= 4 is 5.57 Å². The maximum atomic E-state index is 14.5. The van der Waals surface area contributed by atoms with E-state index in [1.165, 1.54) is 51.4 Å². The Morgan fingerprint density at radius 1 is 0.929 bits per heavy atom. The number of hydrogen-bond donors (Lipinski definition) is 0. The normalized spacial score (nSPS) is 25.4. The van der Waals surface area contributed by atoms with Crippen molar-refractivity contribution in [2.75, 3.05) is 6.61 Å². The van der Waals surface area contributed by atoms with E-state index in [4.69, 9.17) is 4.74 Å². The predicted molar refractivity (Wildman–Crippen MR) is 112 cm³/mol. The Morgan fingerprint density at radius 2 is 1.71 bits per heavy atom. The molecule has 1 unspecified atom stereocenters. The summed E-state index contributed by atoms with van der Waals surface area (Å²) in [6.07, 6.45) is 16.1. The van der Waals surface area contributed by atoms with Crippen LogP contribution in [0, 0.1) is 29.4 Å². The van der Waals surface area contributed by atoms with Crippen LogP contribution in [0.1, 0.15) is 90.0 Å². The monoisotopic (exact) mass is 390 g/mol. The van der Waals surface area contributed by atoms with E-state index in [1.54, 1.807) is 19.1 Å². The van der Waals surface area contributed by atoms with Gasteiger partial charge in [-0.15, -0.1) is 0 Å². The molecule has 28 heavy (non-hydrogen) atoms. The topological polar surface area (TPSA) is 9.23 Å². The molecule has 0 radical (unpaired) electrons. The molecule has 0 heterocycles. The van der Waals surface area contributed by atoms with Gasteiger partial charge in [0.1, 0.15) is 0 Å². The summed E-state index contributed by atoms with van der Waals surface area (Å²) in [4.78, 5) is 0. The van der Waals surface area contributed by atoms with Crippen molar-refractivity contribution in [2.45, 2.75) is 84.5 Å². The average molecular weight is 391 g/mol. The molecular formula is C25H36F2O. The van der Waals surface area contributed by atoms with Gasteiger partial charge < -0.3 is 4.74 Å². The summed E-state index contributed by atoms with van der Waals surface area (Å²) in [6, 6.07) is 3.24. The smallest absolute Gasteiger partial charge is 0.201 e. The van der Waals surface area contributed by atoms with Gasteiger partial charge in [-0.1, -0.05) is 51.5 Å². The first kappa shape index (κ1) is 21.3. The number of rotatable bonds is 8. The molecule has 0 amide bonds. The zero-order valence-corrected chi connectivity index (χ0v) is 17.6. The van der Waals surface area contributed by atoms with Gasteiger partial charge >= 0.3 is 0 Å². The highest BCUT2D eigenvalue weighted by molar-refractivity contribution is 5.67. The van der Waals surface area contributed by atoms with Crippen molar-refractivity contribution < 1.29 is 13.5 Å². The Hall–Kier alpha value is -1.38. The van der Waals surface area contributed by atoms with Gasteiger partial charge in [0.2, 0.25) is 5.82 Å². The van der Waals surface area contributed by atoms with Gasteiger partial charge in [0, 0.05) is 5.56 Å². The third-order valence-electron chi connectivity index (χ3n) is 6.92. The second-order valence-electron chi connectivity index (χ2n) is 8.71. The summed E-state index contributed by atoms with van der Waals surface area (Å²) >= 11 is 0. The maximum absolute atomic E-state index is 14.5. The standard InChI is InChI=1S/C25H36F2O/c1-3-5-6-7-18-8-10-19(11-9-18)20-12-14-21(15-13-20)22-16-17-23(28-4-2)25(27)24(22)26/h14,16-20H,3-13,15H2,1-2H3. The van der Waals surface area contributed by atoms with E-state index < -0.39 is 11.6 Å². The molecule has 1 nitrogen and oxygen atoms in total. The molecule has 0 bridgehead atoms. The summed E-state index contributed by atoms with van der Waals surface area (Å²) in [5, 5.41) is 0. The minimum Gasteiger partial charge on any atom is -0.491 e. The molecule has 1 saturated carbocycles. The number of hydrogen-bond acceptors (Lipinski definition) is 1. The lowest BCUT2D eigenvalue weighted by Gasteiger charge is -2.35. The van der Waals surface area contributed by atoms with Gasteiger partial charge in [-0.05, 0) is 74.5 Å². The third-order valence-corrected chi connectivity index (χ3v) is 6.92. The highest BCUT2D eigenvalue weighted by Crippen LogP contribution is 2.42. The Kier molecular flexibility index (Phi) is 7.93. The Labute approximate surface area is 169 Å². The van der Waals surface area contributed by atoms with Crippen LogP contribution in [0.15, 0.2) is 18.2 Å². The number of allylic oxidation sites excluding steroid dienone is 2. The molecule has 1 aromatic carbocycles. The van der Waals surface area contributed by atoms with E-state index in [0.29, 0.717) is 12.2 Å². The summed E-state index contributed by atoms with van der Waals surface area (Å²) in [5.41, 5.74) is 1.38. The number of unbranched alkanes of at least 4 members (excludes halogenated alkanes) is 2. The Bertz CT molecular complexity index is 659. The average Bonchev–Trinajstić information content (AvgIpc) is 2.73. The first-order valence-corrected chi connectivity index (χ1v) is 11.4. The first-order chi connectivity index (χ1) is 13.6. The zero-order valence-electron chi connectivity index (χ0n) is 17.6. The molecule has 3 heteroatoms. The van der Waals surface area contributed by atoms with Crippen LogP contribution in [0.25, 0.3) is 5.57 Å². The Balaban J connectivity index is 1.55. The van der Waals surface area contributed by atoms with Crippen LogP contribution in [-0.2, 0) is 0 Å². The lowest BCUT2D eigenvalue weighted by molar-refractivity contribution is 0.187. The van der Waals surface area contributed by atoms with E-state index in [0.717, 1.165) is 42.6 Å². The van der Waals surface area contributed by atoms with Crippen molar-refractivity contribution in [2.24, 2.45) is 17.8 Å². The lowest BCUT2D eigenvalue weighted by Crippen LogP contribution is -2.23. The number of halogens is 2. The SMILES string of the molecule is CCCCCC1CCC(C2CC=C(c3ccc(OCC)c(F)c3F)CC2)CC1. The predicted octanol–water partition coefficient (Wildman–Crippen LogP) is 7.93. The van der Waals surface area contributed by atoms with Crippen LogP contribution >= 0.6 is 0 Å². The lowest BCUT2D eigenvalue weighted by atomic mass is 9.70. The fourth-order valence-corrected chi connectivity index (χ4v) is 5.21. The molecule has 0 spiro atoms. The van der Waals surface area contributed by atoms with Crippen LogP contribution in [0.2, 0.25) is 0 Å². The van der Waals surface area contributed by atoms with E-state index in [-0.39, 0.29) is 5.75 Å². The molecular weight excluding hydrogens is 354 g/mol. The van der Waals surface area contributed by atoms with Gasteiger partial charge in [0.15, 0.2) is 11.6 Å². The zero-order chi connectivity index (χ0) is 19.9. The molecule has 2 aliphatic rings. The van der Waals surface area contributed by atoms with Gasteiger partial charge in [-0.3, -0.25) is 0 Å². The number of benzene rings is 1. The van der Waals surface area contributed by atoms with Gasteiger partial charge in [0.25, 0.3) is 0 Å². The van der Waals surface area contributed by atoms with Crippen LogP contribution < -0.4 is 4.74 Å². The Morgan fingerprint density at radius 3 is 2.36 bits per heavy atom. The molecule has 0 N–H and O–H groups in total. The largest absolute Gasteiger partial charge is 0.491 e. The summed E-state index contributed by atoms with van der Waals surface area (Å²) < 4.78 is 33.8. The van der Waals surface area contributed by atoms with Crippen LogP contribution in [0.3, 0.4) is 0 Å². The fourth-order valence-electron chi connectivity index (χ4n) is 5.21. The quantitative estimate of drug-likeness (QED) is 0.409. The maximum Gasteiger partial charge on any atom is 0.201 e. The summed E-state index contributed by atoms with van der Waals surface area (Å²) in [7, 11) is 0. The van der Waals surface area contributed by atoms with Crippen molar-refractivity contribution in [1.29, 1.82) is 0 Å². The minimum absolute atomic E-state index is 0.00809. The fraction of sp³-hybridized carbons (Fsp3) is 0.680. The molecule has 1 aromatic rings. The minimum atomic E-state index is -0.858. The van der Waals surface area contributed by atoms with E-state index in [9.17, 15) is 8.78 Å².